The van der Waals surface area contributed by atoms with Crippen molar-refractivity contribution in [1.29, 1.82) is 0 Å². The topological polar surface area (TPSA) is 57.5 Å². The Bertz CT molecular complexity index is 1350. The second-order valence-electron chi connectivity index (χ2n) is 11.9. The van der Waals surface area contributed by atoms with Gasteiger partial charge in [-0.2, -0.15) is 0 Å². The number of hydrogen-bond acceptors (Lipinski definition) is 3. The monoisotopic (exact) mass is 346 g/mol. The van der Waals surface area contributed by atoms with Gasteiger partial charge in [-0.1, -0.05) is 0 Å². The van der Waals surface area contributed by atoms with Crippen LogP contribution in [-0.2, 0) is 11.3 Å². The van der Waals surface area contributed by atoms with Gasteiger partial charge in [0, 0.05) is 0 Å². The molecule has 0 amide bonds. The Morgan fingerprint density at radius 1 is 0.957 bits per heavy atom. The van der Waals surface area contributed by atoms with E-state index in [9.17, 15) is 15.0 Å². The van der Waals surface area contributed by atoms with E-state index in [0.717, 1.165) is 43.3 Å². The number of rotatable bonds is 1. The maximum absolute atomic E-state index is 13.3. The van der Waals surface area contributed by atoms with Crippen LogP contribution in [0.15, 0.2) is 18.2 Å². The minimum atomic E-state index is -3.40. The number of carbonyl (C=O) groups excluding carboxylic acids is 1. The molecule has 1 aromatic carbocycles. The Morgan fingerprint density at radius 2 is 1.48 bits per heavy atom. The molecule has 1 spiro atoms. The van der Waals surface area contributed by atoms with Crippen LogP contribution in [-0.4, -0.2) is 16.0 Å². The van der Waals surface area contributed by atoms with Crippen LogP contribution in [0.25, 0.3) is 0 Å². The molecule has 3 nitrogen and oxygen atoms in total. The van der Waals surface area contributed by atoms with E-state index in [1.54, 1.807) is 6.07 Å². The van der Waals surface area contributed by atoms with Gasteiger partial charge in [-0.25, -0.2) is 0 Å². The Labute approximate surface area is 122 Å². The van der Waals surface area contributed by atoms with Crippen LogP contribution >= 0.6 is 0 Å². The zero-order valence-corrected chi connectivity index (χ0v) is 13.2. The molecule has 11 rings (SSSR count). The van der Waals surface area contributed by atoms with E-state index < -0.39 is 6.51 Å². The summed E-state index contributed by atoms with van der Waals surface area (Å²) < 4.78 is 0.145. The molecule has 4 heteroatoms. The second kappa shape index (κ2) is 0.900. The number of aromatic hydroxyl groups is 2. The van der Waals surface area contributed by atoms with E-state index >= 15 is 0 Å². The second-order valence-corrected chi connectivity index (χ2v) is 35.5. The van der Waals surface area contributed by atoms with Crippen molar-refractivity contribution >= 4 is 5.78 Å². The SMILES string of the molecule is O=C(C#Cc1c(O)cccc1O)[C]12[CH]3[CH]4[CH]5[CH]1[Fe]45321678[CH]2[CH]1[CH]6[CH]7[CH]28. The quantitative estimate of drug-likeness (QED) is 0.601. The summed E-state index contributed by atoms with van der Waals surface area (Å²) in [5.74, 6) is 5.94. The summed E-state index contributed by atoms with van der Waals surface area (Å²) >= 11 is 0. The molecule has 0 radical (unpaired) electrons. The normalized spacial score (nSPS) is 90.2. The first-order valence-electron chi connectivity index (χ1n) is 8.65. The van der Waals surface area contributed by atoms with Crippen molar-refractivity contribution in [3.63, 3.8) is 0 Å². The maximum atomic E-state index is 13.3. The molecule has 1 aromatic rings. The predicted octanol–water partition coefficient (Wildman–Crippen LogP) is 3.78. The van der Waals surface area contributed by atoms with Crippen LogP contribution in [0.3, 0.4) is 0 Å². The van der Waals surface area contributed by atoms with Crippen LogP contribution < -0.4 is 0 Å². The molecule has 0 bridgehead atoms. The molecule has 0 aromatic heterocycles. The number of benzene rings is 1. The van der Waals surface area contributed by atoms with Gasteiger partial charge >= 0.3 is 122 Å². The van der Waals surface area contributed by atoms with Gasteiger partial charge in [0.2, 0.25) is 0 Å². The zero-order valence-electron chi connectivity index (χ0n) is 12.1. The number of Topliss-reactive ketones (excluding diaryl/α,β-unsaturated/α-hetero) is 1. The van der Waals surface area contributed by atoms with Crippen LogP contribution in [0.2, 0.25) is 47.7 Å². The summed E-state index contributed by atoms with van der Waals surface area (Å²) in [7, 11) is 0. The third-order valence-electron chi connectivity index (χ3n) is 16.3. The van der Waals surface area contributed by atoms with Crippen molar-refractivity contribution in [2.24, 2.45) is 0 Å². The first-order valence-corrected chi connectivity index (χ1v) is 14.9. The fourth-order valence-corrected chi connectivity index (χ4v) is 91.4. The average Bonchev–Trinajstić information content (AvgIpc) is 3.46. The van der Waals surface area contributed by atoms with Gasteiger partial charge in [-0.05, 0) is 0 Å². The Morgan fingerprint density at radius 3 is 1.87 bits per heavy atom. The average molecular weight is 346 g/mol. The molecule has 4 atom stereocenters. The van der Waals surface area contributed by atoms with E-state index in [4.69, 9.17) is 0 Å². The summed E-state index contributed by atoms with van der Waals surface area (Å²) in [5, 5.41) is 19.8. The summed E-state index contributed by atoms with van der Waals surface area (Å²) in [5.41, 5.74) is 0.215. The molecule has 10 aliphatic heterocycles. The number of ketones is 1. The molecule has 10 saturated heterocycles. The van der Waals surface area contributed by atoms with E-state index in [2.05, 4.69) is 11.8 Å². The van der Waals surface area contributed by atoms with Crippen molar-refractivity contribution in [2.75, 3.05) is 0 Å². The van der Waals surface area contributed by atoms with Gasteiger partial charge in [-0.3, -0.25) is 0 Å². The van der Waals surface area contributed by atoms with E-state index in [-0.39, 0.29) is 27.2 Å². The molecule has 10 aliphatic rings. The van der Waals surface area contributed by atoms with Crippen molar-refractivity contribution in [3.05, 3.63) is 23.8 Å². The summed E-state index contributed by atoms with van der Waals surface area (Å²) in [6.07, 6.45) is 0. The number of fused-ring (bicyclic) bond motifs is 10. The van der Waals surface area contributed by atoms with E-state index in [0.29, 0.717) is 0 Å². The molecular formula is C19H14FeO3. The fraction of sp³-hybridized carbons (Fsp3) is 0.526. The van der Waals surface area contributed by atoms with Crippen molar-refractivity contribution in [2.45, 2.75) is 47.7 Å². The minimum absolute atomic E-state index is 0.0320. The van der Waals surface area contributed by atoms with Crippen molar-refractivity contribution < 1.29 is 21.5 Å². The third-order valence-corrected chi connectivity index (χ3v) is 58.6. The molecule has 4 unspecified atom stereocenters. The van der Waals surface area contributed by atoms with Crippen LogP contribution in [0.1, 0.15) is 5.56 Å². The van der Waals surface area contributed by atoms with Gasteiger partial charge in [0.1, 0.15) is 0 Å². The molecule has 116 valence electrons. The number of phenols is 2. The Kier molecular flexibility index (Phi) is 0.358. The van der Waals surface area contributed by atoms with E-state index in [1.165, 1.54) is 12.1 Å². The van der Waals surface area contributed by atoms with Gasteiger partial charge in [0.25, 0.3) is 0 Å². The number of carbonyl (C=O) groups is 1. The number of hydrogen-bond donors (Lipinski definition) is 2. The van der Waals surface area contributed by atoms with Crippen LogP contribution in [0, 0.1) is 11.8 Å². The van der Waals surface area contributed by atoms with E-state index in [1.807, 2.05) is 0 Å². The molecule has 0 aliphatic carbocycles. The summed E-state index contributed by atoms with van der Waals surface area (Å²) in [6, 6.07) is 4.61. The molecular weight excluding hydrogens is 332 g/mol. The van der Waals surface area contributed by atoms with Crippen molar-refractivity contribution in [1.82, 2.24) is 0 Å². The summed E-state index contributed by atoms with van der Waals surface area (Å²) in [4.78, 5) is 22.9. The van der Waals surface area contributed by atoms with Gasteiger partial charge < -0.3 is 0 Å². The zero-order chi connectivity index (χ0) is 14.9. The summed E-state index contributed by atoms with van der Waals surface area (Å²) in [6.45, 7) is -3.40. The van der Waals surface area contributed by atoms with Gasteiger partial charge in [0.15, 0.2) is 0 Å². The third kappa shape index (κ3) is 0.127. The first kappa shape index (κ1) is 9.16. The van der Waals surface area contributed by atoms with Gasteiger partial charge in [0.05, 0.1) is 0 Å². The number of phenolic OH excluding ortho intramolecular Hbond substituents is 2. The predicted molar refractivity (Wildman–Crippen MR) is 78.1 cm³/mol. The van der Waals surface area contributed by atoms with Crippen molar-refractivity contribution in [3.8, 4) is 23.3 Å². The molecule has 2 N–H and O–H groups in total. The molecule has 10 fully saturated rings. The van der Waals surface area contributed by atoms with Gasteiger partial charge in [-0.15, -0.1) is 0 Å². The Balaban J connectivity index is 1.21. The molecule has 10 heterocycles. The van der Waals surface area contributed by atoms with Crippen LogP contribution in [0.4, 0.5) is 0 Å². The molecule has 23 heavy (non-hydrogen) atoms. The first-order chi connectivity index (χ1) is 10.9. The fourth-order valence-electron chi connectivity index (χ4n) is 17.7. The standard InChI is InChI=1S/C14H9O3.C5H5.Fe/c15-12(10-4-1-2-5-10)9-8-11-13(16)6-3-7-14(11)17;1-2-4-5-3-1;/h1-7,16-17H;1-5H;. The Hall–Kier alpha value is -1.43. The van der Waals surface area contributed by atoms with Crippen LogP contribution in [0.5, 0.6) is 11.5 Å². The molecule has 0 saturated carbocycles.